The van der Waals surface area contributed by atoms with Crippen molar-refractivity contribution in [2.75, 3.05) is 0 Å². The first kappa shape index (κ1) is 12.4. The molecule has 2 aromatic rings. The Kier molecular flexibility index (Phi) is 3.90. The Bertz CT molecular complexity index is 492. The van der Waals surface area contributed by atoms with Crippen molar-refractivity contribution in [2.24, 2.45) is 0 Å². The van der Waals surface area contributed by atoms with Crippen LogP contribution in [0, 0.1) is 5.82 Å². The molecule has 84 valence electrons. The minimum absolute atomic E-state index is 0.334. The summed E-state index contributed by atoms with van der Waals surface area (Å²) in [4.78, 5) is 0.862. The molecule has 5 heteroatoms. The van der Waals surface area contributed by atoms with Crippen molar-refractivity contribution in [3.05, 3.63) is 55.4 Å². The minimum atomic E-state index is -0.551. The maximum atomic E-state index is 13.6. The summed E-state index contributed by atoms with van der Waals surface area (Å²) < 4.78 is 14.6. The molecule has 2 rings (SSSR count). The zero-order chi connectivity index (χ0) is 11.7. The molecular weight excluding hydrogens is 334 g/mol. The highest BCUT2D eigenvalue weighted by Crippen LogP contribution is 2.39. The summed E-state index contributed by atoms with van der Waals surface area (Å²) in [5.41, 5.74) is 0.334. The Morgan fingerprint density at radius 1 is 1.25 bits per heavy atom. The summed E-state index contributed by atoms with van der Waals surface area (Å²) in [6, 6.07) is 8.30. The fourth-order valence-electron chi connectivity index (χ4n) is 1.36. The highest BCUT2D eigenvalue weighted by Gasteiger charge is 2.19. The van der Waals surface area contributed by atoms with E-state index < -0.39 is 5.38 Å². The number of thiophene rings is 1. The fourth-order valence-corrected chi connectivity index (χ4v) is 3.53. The molecule has 1 aromatic carbocycles. The van der Waals surface area contributed by atoms with E-state index in [-0.39, 0.29) is 5.82 Å². The van der Waals surface area contributed by atoms with Crippen LogP contribution in [-0.4, -0.2) is 0 Å². The van der Waals surface area contributed by atoms with Crippen LogP contribution in [0.3, 0.4) is 0 Å². The van der Waals surface area contributed by atoms with Crippen molar-refractivity contribution in [3.63, 3.8) is 0 Å². The molecule has 16 heavy (non-hydrogen) atoms. The molecule has 1 atom stereocenters. The van der Waals surface area contributed by atoms with Crippen LogP contribution in [0.4, 0.5) is 4.39 Å². The standard InChI is InChI=1S/C11H6BrCl2FS/c12-9-5-4-8(16-9)11(14)10-6(13)2-1-3-7(10)15/h1-5,11H. The van der Waals surface area contributed by atoms with E-state index in [0.29, 0.717) is 10.6 Å². The van der Waals surface area contributed by atoms with Gasteiger partial charge in [-0.25, -0.2) is 4.39 Å². The lowest BCUT2D eigenvalue weighted by Gasteiger charge is -2.10. The summed E-state index contributed by atoms with van der Waals surface area (Å²) in [5, 5.41) is -0.200. The molecule has 0 aliphatic heterocycles. The highest BCUT2D eigenvalue weighted by atomic mass is 79.9. The Morgan fingerprint density at radius 3 is 2.56 bits per heavy atom. The normalized spacial score (nSPS) is 12.8. The Balaban J connectivity index is 2.45. The molecule has 1 unspecified atom stereocenters. The number of benzene rings is 1. The largest absolute Gasteiger partial charge is 0.207 e. The van der Waals surface area contributed by atoms with Crippen LogP contribution < -0.4 is 0 Å². The Hall–Kier alpha value is -0.0900. The summed E-state index contributed by atoms with van der Waals surface area (Å²) in [5.74, 6) is -0.378. The third kappa shape index (κ3) is 2.43. The first-order valence-corrected chi connectivity index (χ1v) is 6.85. The van der Waals surface area contributed by atoms with Gasteiger partial charge in [-0.05, 0) is 40.2 Å². The smallest absolute Gasteiger partial charge is 0.129 e. The van der Waals surface area contributed by atoms with Gasteiger partial charge in [0.25, 0.3) is 0 Å². The molecule has 0 nitrogen and oxygen atoms in total. The summed E-state index contributed by atoms with van der Waals surface area (Å²) in [7, 11) is 0. The van der Waals surface area contributed by atoms with E-state index in [1.807, 2.05) is 12.1 Å². The van der Waals surface area contributed by atoms with Gasteiger partial charge in [-0.1, -0.05) is 17.7 Å². The molecule has 0 radical (unpaired) electrons. The average Bonchev–Trinajstić information content (AvgIpc) is 2.64. The first-order valence-electron chi connectivity index (χ1n) is 4.43. The van der Waals surface area contributed by atoms with Gasteiger partial charge >= 0.3 is 0 Å². The zero-order valence-corrected chi connectivity index (χ0v) is 11.8. The molecule has 0 bridgehead atoms. The molecule has 0 aliphatic carbocycles. The predicted octanol–water partition coefficient (Wildman–Crippen LogP) is 5.63. The fraction of sp³-hybridized carbons (Fsp3) is 0.0909. The van der Waals surface area contributed by atoms with E-state index in [4.69, 9.17) is 23.2 Å². The molecule has 1 aromatic heterocycles. The van der Waals surface area contributed by atoms with Gasteiger partial charge in [-0.3, -0.25) is 0 Å². The van der Waals surface area contributed by atoms with Crippen LogP contribution in [0.2, 0.25) is 5.02 Å². The van der Waals surface area contributed by atoms with E-state index in [1.165, 1.54) is 17.4 Å². The SMILES string of the molecule is Fc1cccc(Cl)c1C(Cl)c1ccc(Br)s1. The summed E-state index contributed by atoms with van der Waals surface area (Å²) in [6.45, 7) is 0. The van der Waals surface area contributed by atoms with Gasteiger partial charge in [0.05, 0.1) is 9.16 Å². The van der Waals surface area contributed by atoms with Crippen molar-refractivity contribution in [1.82, 2.24) is 0 Å². The molecule has 0 aliphatic rings. The van der Waals surface area contributed by atoms with Crippen molar-refractivity contribution < 1.29 is 4.39 Å². The van der Waals surface area contributed by atoms with Gasteiger partial charge in [0.1, 0.15) is 5.82 Å². The minimum Gasteiger partial charge on any atom is -0.207 e. The second-order valence-corrected chi connectivity index (χ2v) is 6.48. The van der Waals surface area contributed by atoms with Crippen molar-refractivity contribution in [1.29, 1.82) is 0 Å². The molecule has 0 saturated carbocycles. The summed E-state index contributed by atoms with van der Waals surface area (Å²) >= 11 is 17.0. The van der Waals surface area contributed by atoms with Crippen molar-refractivity contribution in [3.8, 4) is 0 Å². The van der Waals surface area contributed by atoms with Crippen molar-refractivity contribution >= 4 is 50.5 Å². The van der Waals surface area contributed by atoms with Gasteiger partial charge < -0.3 is 0 Å². The Morgan fingerprint density at radius 2 is 2.00 bits per heavy atom. The van der Waals surface area contributed by atoms with Crippen LogP contribution in [0.1, 0.15) is 15.8 Å². The number of hydrogen-bond acceptors (Lipinski definition) is 1. The van der Waals surface area contributed by atoms with Gasteiger partial charge in [0.2, 0.25) is 0 Å². The number of halogens is 4. The number of hydrogen-bond donors (Lipinski definition) is 0. The molecule has 1 heterocycles. The monoisotopic (exact) mass is 338 g/mol. The van der Waals surface area contributed by atoms with Gasteiger partial charge in [0.15, 0.2) is 0 Å². The maximum absolute atomic E-state index is 13.6. The third-order valence-corrected chi connectivity index (χ3v) is 4.70. The zero-order valence-electron chi connectivity index (χ0n) is 7.88. The van der Waals surface area contributed by atoms with E-state index in [9.17, 15) is 4.39 Å². The quantitative estimate of drug-likeness (QED) is 0.622. The molecule has 0 fully saturated rings. The van der Waals surface area contributed by atoms with E-state index in [2.05, 4.69) is 15.9 Å². The third-order valence-electron chi connectivity index (χ3n) is 2.10. The van der Waals surface area contributed by atoms with Gasteiger partial charge in [-0.15, -0.1) is 22.9 Å². The van der Waals surface area contributed by atoms with Crippen LogP contribution in [0.25, 0.3) is 0 Å². The van der Waals surface area contributed by atoms with Gasteiger partial charge in [0, 0.05) is 15.5 Å². The van der Waals surface area contributed by atoms with E-state index >= 15 is 0 Å². The molecule has 0 saturated heterocycles. The topological polar surface area (TPSA) is 0 Å². The van der Waals surface area contributed by atoms with Crippen LogP contribution in [0.15, 0.2) is 34.1 Å². The lowest BCUT2D eigenvalue weighted by Crippen LogP contribution is -1.95. The van der Waals surface area contributed by atoms with E-state index in [0.717, 1.165) is 8.66 Å². The van der Waals surface area contributed by atoms with Crippen molar-refractivity contribution in [2.45, 2.75) is 5.38 Å². The molecule has 0 N–H and O–H groups in total. The highest BCUT2D eigenvalue weighted by molar-refractivity contribution is 9.11. The number of alkyl halides is 1. The molecular formula is C11H6BrCl2FS. The lowest BCUT2D eigenvalue weighted by atomic mass is 10.1. The first-order chi connectivity index (χ1) is 7.59. The Labute approximate surface area is 115 Å². The lowest BCUT2D eigenvalue weighted by molar-refractivity contribution is 0.613. The van der Waals surface area contributed by atoms with E-state index in [1.54, 1.807) is 12.1 Å². The summed E-state index contributed by atoms with van der Waals surface area (Å²) in [6.07, 6.45) is 0. The second-order valence-electron chi connectivity index (χ2n) is 3.14. The molecule has 0 amide bonds. The van der Waals surface area contributed by atoms with Crippen LogP contribution in [0.5, 0.6) is 0 Å². The average molecular weight is 340 g/mol. The van der Waals surface area contributed by atoms with Gasteiger partial charge in [-0.2, -0.15) is 0 Å². The maximum Gasteiger partial charge on any atom is 0.129 e. The van der Waals surface area contributed by atoms with Crippen LogP contribution in [-0.2, 0) is 0 Å². The molecule has 0 spiro atoms. The number of rotatable bonds is 2. The second kappa shape index (κ2) is 5.05. The van der Waals surface area contributed by atoms with Crippen LogP contribution >= 0.6 is 50.5 Å². The predicted molar refractivity (Wildman–Crippen MR) is 71.1 cm³/mol.